The molecule has 1 aliphatic carbocycles. The molecule has 146 valence electrons. The molecule has 1 aliphatic rings. The van der Waals surface area contributed by atoms with Crippen molar-refractivity contribution >= 4 is 17.3 Å². The van der Waals surface area contributed by atoms with Crippen LogP contribution in [-0.4, -0.2) is 16.1 Å². The highest BCUT2D eigenvalue weighted by Crippen LogP contribution is 2.39. The van der Waals surface area contributed by atoms with Crippen LogP contribution in [0.5, 0.6) is 11.5 Å². The number of aryl methyl sites for hydroxylation is 2. The van der Waals surface area contributed by atoms with E-state index in [0.717, 1.165) is 19.3 Å². The van der Waals surface area contributed by atoms with Crippen LogP contribution in [0.4, 0.5) is 5.69 Å². The summed E-state index contributed by atoms with van der Waals surface area (Å²) in [6.07, 6.45) is 3.13. The number of rotatable bonds is 6. The van der Waals surface area contributed by atoms with E-state index in [-0.39, 0.29) is 23.1 Å². The van der Waals surface area contributed by atoms with Crippen LogP contribution in [-0.2, 0) is 17.6 Å². The van der Waals surface area contributed by atoms with E-state index in [2.05, 4.69) is 13.2 Å². The molecule has 0 radical (unpaired) electrons. The molecule has 0 unspecified atom stereocenters. The van der Waals surface area contributed by atoms with E-state index in [9.17, 15) is 15.0 Å². The van der Waals surface area contributed by atoms with Crippen molar-refractivity contribution in [3.05, 3.63) is 71.4 Å². The number of carbonyl (C=O) groups excluding carboxylic acids is 1. The molecule has 0 spiro atoms. The lowest BCUT2D eigenvalue weighted by molar-refractivity contribution is -0.114. The topological polar surface area (TPSA) is 86.8 Å². The number of nitrogens with zero attached hydrogens (tertiary/aromatic N) is 1. The first-order valence-corrected chi connectivity index (χ1v) is 9.36. The molecule has 5 heteroatoms. The average Bonchev–Trinajstić information content (AvgIpc) is 3.09. The molecule has 0 fully saturated rings. The number of hydrogen-bond donors (Lipinski definition) is 3. The van der Waals surface area contributed by atoms with Crippen molar-refractivity contribution < 1.29 is 15.0 Å². The van der Waals surface area contributed by atoms with Gasteiger partial charge < -0.3 is 20.8 Å². The summed E-state index contributed by atoms with van der Waals surface area (Å²) in [5.41, 5.74) is 10.3. The Kier molecular flexibility index (Phi) is 5.18. The van der Waals surface area contributed by atoms with Crippen LogP contribution in [0.2, 0.25) is 0 Å². The van der Waals surface area contributed by atoms with Crippen LogP contribution in [0.3, 0.4) is 0 Å². The second-order valence-electron chi connectivity index (χ2n) is 7.48. The summed E-state index contributed by atoms with van der Waals surface area (Å²) in [6.45, 7) is 11.8. The van der Waals surface area contributed by atoms with Crippen LogP contribution < -0.4 is 10.6 Å². The maximum atomic E-state index is 11.9. The Morgan fingerprint density at radius 1 is 1.07 bits per heavy atom. The number of nitrogens with two attached hydrogens (primary N) is 1. The SMILES string of the molecule is C=C(C(N)=O)N(C(=C)c1cc(C(C)C)c(O)cc1O)c1ccc2c(c1)CCC2. The van der Waals surface area contributed by atoms with E-state index in [1.807, 2.05) is 32.0 Å². The molecular formula is C23H26N2O3. The zero-order valence-electron chi connectivity index (χ0n) is 16.3. The molecule has 5 nitrogen and oxygen atoms in total. The molecule has 2 aromatic rings. The van der Waals surface area contributed by atoms with Crippen LogP contribution in [0, 0.1) is 0 Å². The first-order valence-electron chi connectivity index (χ1n) is 9.36. The lowest BCUT2D eigenvalue weighted by Crippen LogP contribution is -2.29. The van der Waals surface area contributed by atoms with Gasteiger partial charge in [-0.15, -0.1) is 0 Å². The van der Waals surface area contributed by atoms with Gasteiger partial charge in [0.1, 0.15) is 17.2 Å². The Balaban J connectivity index is 2.11. The standard InChI is InChI=1S/C23H26N2O3/c1-13(2)19-11-20(22(27)12-21(19)26)14(3)25(15(4)23(24)28)18-9-8-16-6-5-7-17(16)10-18/h8-13,26-27H,3-7H2,1-2H3,(H2,24,28). The van der Waals surface area contributed by atoms with Gasteiger partial charge in [0.05, 0.1) is 5.70 Å². The van der Waals surface area contributed by atoms with E-state index >= 15 is 0 Å². The fraction of sp³-hybridized carbons (Fsp3) is 0.261. The van der Waals surface area contributed by atoms with Gasteiger partial charge in [-0.2, -0.15) is 0 Å². The normalized spacial score (nSPS) is 12.7. The minimum atomic E-state index is -0.677. The third kappa shape index (κ3) is 3.48. The number of phenolic OH excluding ortho intramolecular Hbond substituents is 2. The molecule has 0 saturated carbocycles. The number of fused-ring (bicyclic) bond motifs is 1. The van der Waals surface area contributed by atoms with Crippen LogP contribution in [0.15, 0.2) is 49.2 Å². The van der Waals surface area contributed by atoms with Gasteiger partial charge in [0.15, 0.2) is 0 Å². The molecule has 1 amide bonds. The lowest BCUT2D eigenvalue weighted by atomic mass is 9.97. The summed E-state index contributed by atoms with van der Waals surface area (Å²) < 4.78 is 0. The third-order valence-corrected chi connectivity index (χ3v) is 5.24. The minimum absolute atomic E-state index is 0.0156. The van der Waals surface area contributed by atoms with Gasteiger partial charge in [-0.25, -0.2) is 0 Å². The number of aromatic hydroxyl groups is 2. The van der Waals surface area contributed by atoms with Gasteiger partial charge in [-0.1, -0.05) is 33.1 Å². The summed E-state index contributed by atoms with van der Waals surface area (Å²) in [4.78, 5) is 13.5. The van der Waals surface area contributed by atoms with E-state index in [1.54, 1.807) is 11.0 Å². The fourth-order valence-electron chi connectivity index (χ4n) is 3.69. The quantitative estimate of drug-likeness (QED) is 0.658. The molecule has 0 saturated heterocycles. The molecule has 0 heterocycles. The monoisotopic (exact) mass is 378 g/mol. The van der Waals surface area contributed by atoms with Gasteiger partial charge in [-0.05, 0) is 60.1 Å². The molecule has 28 heavy (non-hydrogen) atoms. The highest BCUT2D eigenvalue weighted by atomic mass is 16.3. The Labute approximate surface area is 165 Å². The first kappa shape index (κ1) is 19.5. The number of hydrogen-bond acceptors (Lipinski definition) is 4. The smallest absolute Gasteiger partial charge is 0.265 e. The zero-order valence-corrected chi connectivity index (χ0v) is 16.3. The highest BCUT2D eigenvalue weighted by molar-refractivity contribution is 6.01. The summed E-state index contributed by atoms with van der Waals surface area (Å²) in [5.74, 6) is -0.749. The molecule has 0 aliphatic heterocycles. The van der Waals surface area contributed by atoms with E-state index in [1.165, 1.54) is 17.2 Å². The van der Waals surface area contributed by atoms with Crippen molar-refractivity contribution in [2.24, 2.45) is 5.73 Å². The first-order chi connectivity index (χ1) is 13.2. The Morgan fingerprint density at radius 2 is 1.75 bits per heavy atom. The van der Waals surface area contributed by atoms with E-state index in [4.69, 9.17) is 5.73 Å². The van der Waals surface area contributed by atoms with E-state index < -0.39 is 5.91 Å². The molecule has 0 aromatic heterocycles. The molecule has 0 atom stereocenters. The molecule has 0 bridgehead atoms. The number of anilines is 1. The number of phenols is 2. The van der Waals surface area contributed by atoms with Crippen LogP contribution in [0.25, 0.3) is 5.70 Å². The third-order valence-electron chi connectivity index (χ3n) is 5.24. The van der Waals surface area contributed by atoms with E-state index in [0.29, 0.717) is 22.5 Å². The lowest BCUT2D eigenvalue weighted by Gasteiger charge is -2.28. The number of carbonyl (C=O) groups is 1. The average molecular weight is 378 g/mol. The van der Waals surface area contributed by atoms with Gasteiger partial charge >= 0.3 is 0 Å². The van der Waals surface area contributed by atoms with Crippen molar-refractivity contribution in [1.82, 2.24) is 0 Å². The summed E-state index contributed by atoms with van der Waals surface area (Å²) in [7, 11) is 0. The molecule has 2 aromatic carbocycles. The van der Waals surface area contributed by atoms with Crippen molar-refractivity contribution in [2.75, 3.05) is 4.90 Å². The summed E-state index contributed by atoms with van der Waals surface area (Å²) in [5, 5.41) is 20.6. The number of primary amides is 1. The summed E-state index contributed by atoms with van der Waals surface area (Å²) in [6, 6.07) is 8.95. The predicted molar refractivity (Wildman–Crippen MR) is 112 cm³/mol. The van der Waals surface area contributed by atoms with Gasteiger partial charge in [-0.3, -0.25) is 4.79 Å². The summed E-state index contributed by atoms with van der Waals surface area (Å²) >= 11 is 0. The van der Waals surface area contributed by atoms with Crippen molar-refractivity contribution in [1.29, 1.82) is 0 Å². The van der Waals surface area contributed by atoms with Gasteiger partial charge in [0.2, 0.25) is 0 Å². The van der Waals surface area contributed by atoms with Gasteiger partial charge in [0.25, 0.3) is 5.91 Å². The second-order valence-corrected chi connectivity index (χ2v) is 7.48. The van der Waals surface area contributed by atoms with Crippen LogP contribution >= 0.6 is 0 Å². The number of benzene rings is 2. The fourth-order valence-corrected chi connectivity index (χ4v) is 3.69. The minimum Gasteiger partial charge on any atom is -0.508 e. The zero-order chi connectivity index (χ0) is 20.6. The maximum Gasteiger partial charge on any atom is 0.265 e. The van der Waals surface area contributed by atoms with Crippen molar-refractivity contribution in [2.45, 2.75) is 39.0 Å². The maximum absolute atomic E-state index is 11.9. The highest BCUT2D eigenvalue weighted by Gasteiger charge is 2.24. The van der Waals surface area contributed by atoms with Crippen molar-refractivity contribution in [3.63, 3.8) is 0 Å². The Morgan fingerprint density at radius 3 is 2.39 bits per heavy atom. The molecule has 3 rings (SSSR count). The van der Waals surface area contributed by atoms with Gasteiger partial charge in [0, 0.05) is 17.3 Å². The van der Waals surface area contributed by atoms with Crippen molar-refractivity contribution in [3.8, 4) is 11.5 Å². The predicted octanol–water partition coefficient (Wildman–Crippen LogP) is 4.19. The Bertz CT molecular complexity index is 976. The van der Waals surface area contributed by atoms with Crippen LogP contribution in [0.1, 0.15) is 48.4 Å². The number of amides is 1. The molecule has 4 N–H and O–H groups in total. The Hall–Kier alpha value is -3.21. The largest absolute Gasteiger partial charge is 0.508 e. The molecular weight excluding hydrogens is 352 g/mol. The second kappa shape index (κ2) is 7.43.